The summed E-state index contributed by atoms with van der Waals surface area (Å²) < 4.78 is 0. The number of carbonyl (C=O) groups excluding carboxylic acids is 6. The van der Waals surface area contributed by atoms with Crippen LogP contribution in [0.2, 0.25) is 0 Å². The van der Waals surface area contributed by atoms with Crippen LogP contribution in [0.15, 0.2) is 0 Å². The van der Waals surface area contributed by atoms with Gasteiger partial charge in [0.25, 0.3) is 0 Å². The Kier molecular flexibility index (Phi) is 27.4. The Balaban J connectivity index is -0.0000000536. The molecule has 0 heterocycles. The SMILES string of the molecule is O=C([O-])C(=O)[O-].O=C([O-])C(=O)[O-].O=C([O-])C(=O)[O-].[Bi+3].[Bi+3]. The third-order valence-corrected chi connectivity index (χ3v) is 0.500. The molecule has 0 aromatic heterocycles. The van der Waals surface area contributed by atoms with Crippen molar-refractivity contribution in [2.75, 3.05) is 0 Å². The van der Waals surface area contributed by atoms with E-state index in [1.54, 1.807) is 0 Å². The quantitative estimate of drug-likeness (QED) is 0.171. The molecule has 0 bridgehead atoms. The van der Waals surface area contributed by atoms with E-state index in [0.29, 0.717) is 0 Å². The van der Waals surface area contributed by atoms with Crippen LogP contribution in [0, 0.1) is 0 Å². The summed E-state index contributed by atoms with van der Waals surface area (Å²) in [4.78, 5) is 53.6. The van der Waals surface area contributed by atoms with E-state index in [1.807, 2.05) is 0 Å². The minimum absolute atomic E-state index is 0. The van der Waals surface area contributed by atoms with Gasteiger partial charge in [-0.05, 0) is 0 Å². The van der Waals surface area contributed by atoms with Crippen LogP contribution < -0.4 is 30.6 Å². The van der Waals surface area contributed by atoms with Gasteiger partial charge in [0.1, 0.15) is 0 Å². The molecule has 14 heteroatoms. The minimum atomic E-state index is -2.19. The molecule has 0 aromatic rings. The monoisotopic (exact) mass is 682 g/mol. The number of carbonyl (C=O) groups is 6. The molecule has 0 aliphatic carbocycles. The summed E-state index contributed by atoms with van der Waals surface area (Å²) in [5.41, 5.74) is 0. The van der Waals surface area contributed by atoms with E-state index in [0.717, 1.165) is 0 Å². The Labute approximate surface area is 147 Å². The van der Waals surface area contributed by atoms with Crippen LogP contribution in [0.25, 0.3) is 0 Å². The van der Waals surface area contributed by atoms with Crippen LogP contribution in [-0.4, -0.2) is 88.2 Å². The van der Waals surface area contributed by atoms with Crippen molar-refractivity contribution in [1.29, 1.82) is 0 Å². The molecule has 106 valence electrons. The van der Waals surface area contributed by atoms with Crippen LogP contribution in [-0.2, 0) is 28.8 Å². The van der Waals surface area contributed by atoms with E-state index in [4.69, 9.17) is 59.4 Å². The molecule has 12 nitrogen and oxygen atoms in total. The molecular formula is C6Bi2O12. The van der Waals surface area contributed by atoms with E-state index in [-0.39, 0.29) is 52.4 Å². The summed E-state index contributed by atoms with van der Waals surface area (Å²) in [6.45, 7) is 0. The summed E-state index contributed by atoms with van der Waals surface area (Å²) in [5, 5.41) is 53.6. The molecule has 0 aromatic carbocycles. The fourth-order valence-electron chi connectivity index (χ4n) is 0. The molecular weight excluding hydrogens is 682 g/mol. The van der Waals surface area contributed by atoms with Crippen LogP contribution in [0.4, 0.5) is 0 Å². The molecule has 0 aliphatic heterocycles. The topological polar surface area (TPSA) is 241 Å². The Morgan fingerprint density at radius 3 is 0.400 bits per heavy atom. The molecule has 0 amide bonds. The molecule has 0 saturated heterocycles. The Bertz CT molecular complexity index is 281. The molecule has 0 rings (SSSR count). The van der Waals surface area contributed by atoms with Crippen molar-refractivity contribution < 1.29 is 59.4 Å². The fraction of sp³-hybridized carbons (Fsp3) is 0. The van der Waals surface area contributed by atoms with Gasteiger partial charge < -0.3 is 59.4 Å². The molecule has 20 heavy (non-hydrogen) atoms. The Hall–Kier alpha value is -1.41. The smallest absolute Gasteiger partial charge is 0.543 e. The van der Waals surface area contributed by atoms with Crippen molar-refractivity contribution in [2.24, 2.45) is 0 Å². The molecule has 0 unspecified atom stereocenters. The van der Waals surface area contributed by atoms with Crippen LogP contribution in [0.3, 0.4) is 0 Å². The third-order valence-electron chi connectivity index (χ3n) is 0.500. The first-order chi connectivity index (χ1) is 7.93. The van der Waals surface area contributed by atoms with Crippen molar-refractivity contribution in [3.8, 4) is 0 Å². The van der Waals surface area contributed by atoms with E-state index < -0.39 is 35.8 Å². The fourth-order valence-corrected chi connectivity index (χ4v) is 0. The average molecular weight is 682 g/mol. The van der Waals surface area contributed by atoms with Gasteiger partial charge in [0.15, 0.2) is 0 Å². The summed E-state index contributed by atoms with van der Waals surface area (Å²) in [5.74, 6) is -13.1. The maximum atomic E-state index is 8.93. The summed E-state index contributed by atoms with van der Waals surface area (Å²) in [6.07, 6.45) is 0. The first-order valence-electron chi connectivity index (χ1n) is 3.20. The van der Waals surface area contributed by atoms with Crippen molar-refractivity contribution in [3.05, 3.63) is 0 Å². The second kappa shape index (κ2) is 17.6. The van der Waals surface area contributed by atoms with Gasteiger partial charge in [-0.3, -0.25) is 0 Å². The zero-order valence-corrected chi connectivity index (χ0v) is 15.7. The van der Waals surface area contributed by atoms with Gasteiger partial charge in [-0.2, -0.15) is 0 Å². The number of carboxylic acids is 6. The summed E-state index contributed by atoms with van der Waals surface area (Å²) >= 11 is 0. The molecule has 0 saturated carbocycles. The first kappa shape index (κ1) is 31.1. The van der Waals surface area contributed by atoms with E-state index in [9.17, 15) is 0 Å². The van der Waals surface area contributed by atoms with Gasteiger partial charge in [-0.15, -0.1) is 0 Å². The van der Waals surface area contributed by atoms with E-state index in [1.165, 1.54) is 0 Å². The molecule has 0 spiro atoms. The number of hydrogen-bond acceptors (Lipinski definition) is 12. The standard InChI is InChI=1S/3C2H2O4.2Bi/c3*3-1(4)2(5)6;;/h3*(H,3,4)(H,5,6);;/q;;;2*+3/p-6. The molecule has 0 fully saturated rings. The zero-order chi connectivity index (χ0) is 15.5. The predicted octanol–water partition coefficient (Wildman–Crippen LogP) is -11.3. The molecule has 0 atom stereocenters. The van der Waals surface area contributed by atoms with E-state index >= 15 is 0 Å². The van der Waals surface area contributed by atoms with Crippen LogP contribution in [0.5, 0.6) is 0 Å². The normalized spacial score (nSPS) is 6.60. The number of aliphatic carboxylic acids is 6. The van der Waals surface area contributed by atoms with Crippen LogP contribution in [0.1, 0.15) is 0 Å². The van der Waals surface area contributed by atoms with Crippen LogP contribution >= 0.6 is 0 Å². The third kappa shape index (κ3) is 36.0. The second-order valence-corrected chi connectivity index (χ2v) is 1.72. The largest absolute Gasteiger partial charge is 3.00 e. The van der Waals surface area contributed by atoms with Gasteiger partial charge in [0.2, 0.25) is 0 Å². The van der Waals surface area contributed by atoms with Gasteiger partial charge in [-0.25, -0.2) is 0 Å². The summed E-state index contributed by atoms with van der Waals surface area (Å²) in [7, 11) is 0. The van der Waals surface area contributed by atoms with Gasteiger partial charge in [0, 0.05) is 0 Å². The van der Waals surface area contributed by atoms with Gasteiger partial charge in [-0.1, -0.05) is 0 Å². The van der Waals surface area contributed by atoms with E-state index in [2.05, 4.69) is 0 Å². The summed E-state index contributed by atoms with van der Waals surface area (Å²) in [6, 6.07) is 0. The van der Waals surface area contributed by atoms with Crippen molar-refractivity contribution >= 4 is 88.2 Å². The van der Waals surface area contributed by atoms with Gasteiger partial charge in [0.05, 0.1) is 35.8 Å². The molecule has 0 aliphatic rings. The zero-order valence-electron chi connectivity index (χ0n) is 8.79. The number of carboxylic acid groups (broad SMARTS) is 6. The van der Waals surface area contributed by atoms with Gasteiger partial charge >= 0.3 is 52.4 Å². The Morgan fingerprint density at radius 1 is 0.350 bits per heavy atom. The second-order valence-electron chi connectivity index (χ2n) is 1.72. The van der Waals surface area contributed by atoms with Crippen molar-refractivity contribution in [1.82, 2.24) is 0 Å². The maximum absolute atomic E-state index is 8.93. The number of rotatable bonds is 0. The first-order valence-corrected chi connectivity index (χ1v) is 3.20. The minimum Gasteiger partial charge on any atom is -0.543 e. The van der Waals surface area contributed by atoms with Crippen molar-refractivity contribution in [3.63, 3.8) is 0 Å². The Morgan fingerprint density at radius 2 is 0.400 bits per heavy atom. The number of hydrogen-bond donors (Lipinski definition) is 0. The average Bonchev–Trinajstić information content (AvgIpc) is 2.18. The predicted molar refractivity (Wildman–Crippen MR) is 41.5 cm³/mol. The molecule has 0 N–H and O–H groups in total. The maximum Gasteiger partial charge on any atom is 3.00 e. The van der Waals surface area contributed by atoms with Crippen molar-refractivity contribution in [2.45, 2.75) is 0 Å². The molecule has 4 radical (unpaired) electrons.